The second-order valence-electron chi connectivity index (χ2n) is 15.5. The van der Waals surface area contributed by atoms with E-state index < -0.39 is 16.6 Å². The van der Waals surface area contributed by atoms with Gasteiger partial charge in [-0.3, -0.25) is 14.5 Å². The first-order valence-electron chi connectivity index (χ1n) is 17.4. The number of urea groups is 1. The normalized spacial score (nSPS) is 26.5. The largest absolute Gasteiger partial charge is 0.332 e. The van der Waals surface area contributed by atoms with Crippen LogP contribution in [0.3, 0.4) is 0 Å². The summed E-state index contributed by atoms with van der Waals surface area (Å²) in [5.74, 6) is 0.0608. The molecule has 4 rings (SSSR count). The minimum Gasteiger partial charge on any atom is -0.332 e. The fourth-order valence-corrected chi connectivity index (χ4v) is 10.1. The van der Waals surface area contributed by atoms with Gasteiger partial charge in [0.15, 0.2) is 0 Å². The van der Waals surface area contributed by atoms with Gasteiger partial charge < -0.3 is 9.80 Å². The lowest BCUT2D eigenvalue weighted by Crippen LogP contribution is -2.72. The Kier molecular flexibility index (Phi) is 10.2. The van der Waals surface area contributed by atoms with Crippen LogP contribution in [0.4, 0.5) is 4.79 Å². The Hall–Kier alpha value is -1.59. The summed E-state index contributed by atoms with van der Waals surface area (Å²) in [5, 5.41) is 0. The van der Waals surface area contributed by atoms with E-state index in [1.165, 1.54) is 89.9 Å². The predicted molar refractivity (Wildman–Crippen MR) is 167 cm³/mol. The molecule has 2 aliphatic carbocycles. The molecular weight excluding hydrogens is 510 g/mol. The number of rotatable bonds is 12. The number of piperidine rings is 1. The Balaban J connectivity index is 1.53. The van der Waals surface area contributed by atoms with Gasteiger partial charge in [-0.25, -0.2) is 4.79 Å². The van der Waals surface area contributed by atoms with E-state index in [9.17, 15) is 14.4 Å². The molecule has 0 N–H and O–H groups in total. The number of hydrogen-bond donors (Lipinski definition) is 0. The van der Waals surface area contributed by atoms with Crippen LogP contribution in [0.25, 0.3) is 0 Å². The van der Waals surface area contributed by atoms with Crippen LogP contribution in [0.5, 0.6) is 0 Å². The highest BCUT2D eigenvalue weighted by atomic mass is 16.2. The van der Waals surface area contributed by atoms with E-state index >= 15 is 0 Å². The standard InChI is InChI=1S/C35H61N3O3/c1-7-8-9-10-11-12-13-14-15-19-25-36-30(40)35(26-32(3,4)38(28(2)39)33(5,6)27-35)37(31(36)41)29-21-20-24-34(29)22-17-16-18-23-34/h29H,7-27H2,1-6H3. The average Bonchev–Trinajstić information content (AvgIpc) is 3.34. The lowest BCUT2D eigenvalue weighted by atomic mass is 9.65. The fraction of sp³-hybridized carbons (Fsp3) is 0.914. The quantitative estimate of drug-likeness (QED) is 0.174. The van der Waals surface area contributed by atoms with Crippen molar-refractivity contribution < 1.29 is 14.4 Å². The molecule has 4 aliphatic rings. The molecule has 6 nitrogen and oxygen atoms in total. The molecule has 0 aromatic carbocycles. The summed E-state index contributed by atoms with van der Waals surface area (Å²) in [6.07, 6.45) is 22.8. The molecule has 2 saturated carbocycles. The van der Waals surface area contributed by atoms with Crippen LogP contribution in [-0.2, 0) is 9.59 Å². The predicted octanol–water partition coefficient (Wildman–Crippen LogP) is 8.61. The molecule has 0 bridgehead atoms. The monoisotopic (exact) mass is 571 g/mol. The molecule has 1 unspecified atom stereocenters. The Morgan fingerprint density at radius 2 is 1.27 bits per heavy atom. The van der Waals surface area contributed by atoms with E-state index in [-0.39, 0.29) is 29.3 Å². The van der Waals surface area contributed by atoms with Crippen LogP contribution in [-0.4, -0.2) is 61.7 Å². The number of carbonyl (C=O) groups excluding carboxylic acids is 3. The first kappa shape index (κ1) is 32.3. The molecule has 4 amide bonds. The zero-order valence-corrected chi connectivity index (χ0v) is 27.5. The molecule has 0 radical (unpaired) electrons. The van der Waals surface area contributed by atoms with Gasteiger partial charge in [-0.1, -0.05) is 90.4 Å². The van der Waals surface area contributed by atoms with Gasteiger partial charge in [0, 0.05) is 43.4 Å². The van der Waals surface area contributed by atoms with E-state index in [0.29, 0.717) is 19.4 Å². The smallest absolute Gasteiger partial charge is 0.327 e. The van der Waals surface area contributed by atoms with E-state index in [1.54, 1.807) is 11.8 Å². The molecule has 41 heavy (non-hydrogen) atoms. The van der Waals surface area contributed by atoms with Crippen molar-refractivity contribution in [3.05, 3.63) is 0 Å². The van der Waals surface area contributed by atoms with Crippen LogP contribution in [0.2, 0.25) is 0 Å². The Morgan fingerprint density at radius 3 is 1.80 bits per heavy atom. The van der Waals surface area contributed by atoms with Gasteiger partial charge in [-0.15, -0.1) is 0 Å². The van der Waals surface area contributed by atoms with Crippen molar-refractivity contribution >= 4 is 17.8 Å². The molecule has 1 atom stereocenters. The summed E-state index contributed by atoms with van der Waals surface area (Å²) < 4.78 is 0. The third-order valence-electron chi connectivity index (χ3n) is 11.3. The SMILES string of the molecule is CCCCCCCCCCCCN1C(=O)N(C2CCCC23CCCCC3)C2(CC(C)(C)N(C(C)=O)C(C)(C)C2)C1=O. The zero-order chi connectivity index (χ0) is 29.9. The van der Waals surface area contributed by atoms with Gasteiger partial charge >= 0.3 is 6.03 Å². The van der Waals surface area contributed by atoms with E-state index in [2.05, 4.69) is 39.5 Å². The highest BCUT2D eigenvalue weighted by Crippen LogP contribution is 2.57. The lowest BCUT2D eigenvalue weighted by molar-refractivity contribution is -0.164. The van der Waals surface area contributed by atoms with Crippen molar-refractivity contribution in [1.82, 2.24) is 14.7 Å². The number of hydrogen-bond acceptors (Lipinski definition) is 3. The molecule has 4 fully saturated rings. The Bertz CT molecular complexity index is 917. The molecule has 2 aliphatic heterocycles. The van der Waals surface area contributed by atoms with Gasteiger partial charge in [0.2, 0.25) is 5.91 Å². The Labute approximate surface area is 251 Å². The van der Waals surface area contributed by atoms with Crippen LogP contribution in [0.15, 0.2) is 0 Å². The first-order chi connectivity index (χ1) is 19.4. The van der Waals surface area contributed by atoms with Crippen LogP contribution < -0.4 is 0 Å². The van der Waals surface area contributed by atoms with Crippen molar-refractivity contribution in [2.75, 3.05) is 6.54 Å². The summed E-state index contributed by atoms with van der Waals surface area (Å²) in [5.41, 5.74) is -1.76. The molecule has 0 aromatic rings. The zero-order valence-electron chi connectivity index (χ0n) is 27.5. The summed E-state index contributed by atoms with van der Waals surface area (Å²) in [7, 11) is 0. The van der Waals surface area contributed by atoms with Crippen LogP contribution in [0, 0.1) is 5.41 Å². The highest BCUT2D eigenvalue weighted by Gasteiger charge is 2.68. The van der Waals surface area contributed by atoms with Crippen molar-refractivity contribution in [1.29, 1.82) is 0 Å². The molecule has 6 heteroatoms. The minimum atomic E-state index is -0.867. The van der Waals surface area contributed by atoms with Crippen molar-refractivity contribution in [2.45, 2.75) is 193 Å². The van der Waals surface area contributed by atoms with Crippen LogP contribution in [0.1, 0.15) is 170 Å². The molecule has 234 valence electrons. The number of likely N-dealkylation sites (tertiary alicyclic amines) is 1. The van der Waals surface area contributed by atoms with E-state index in [0.717, 1.165) is 25.7 Å². The van der Waals surface area contributed by atoms with Crippen molar-refractivity contribution in [2.24, 2.45) is 5.41 Å². The van der Waals surface area contributed by atoms with E-state index in [1.807, 2.05) is 4.90 Å². The highest BCUT2D eigenvalue weighted by molar-refractivity contribution is 6.07. The summed E-state index contributed by atoms with van der Waals surface area (Å²) >= 11 is 0. The van der Waals surface area contributed by atoms with Gasteiger partial charge in [0.05, 0.1) is 0 Å². The minimum absolute atomic E-state index is 0.0145. The fourth-order valence-electron chi connectivity index (χ4n) is 10.1. The molecule has 0 aromatic heterocycles. The lowest BCUT2D eigenvalue weighted by Gasteiger charge is -2.60. The number of nitrogens with zero attached hydrogens (tertiary/aromatic N) is 3. The molecule has 2 saturated heterocycles. The molecular formula is C35H61N3O3. The maximum absolute atomic E-state index is 14.6. The third kappa shape index (κ3) is 6.37. The second kappa shape index (κ2) is 13.0. The Morgan fingerprint density at radius 1 is 0.756 bits per heavy atom. The molecule has 2 spiro atoms. The maximum Gasteiger partial charge on any atom is 0.327 e. The number of unbranched alkanes of at least 4 members (excludes halogenated alkanes) is 9. The van der Waals surface area contributed by atoms with Crippen molar-refractivity contribution in [3.63, 3.8) is 0 Å². The second-order valence-corrected chi connectivity index (χ2v) is 15.5. The summed E-state index contributed by atoms with van der Waals surface area (Å²) in [6, 6.07) is 0.0954. The number of imide groups is 1. The number of amides is 4. The number of carbonyl (C=O) groups is 3. The van der Waals surface area contributed by atoms with Gasteiger partial charge in [-0.2, -0.15) is 0 Å². The topological polar surface area (TPSA) is 60.9 Å². The average molecular weight is 572 g/mol. The first-order valence-corrected chi connectivity index (χ1v) is 17.4. The van der Waals surface area contributed by atoms with Gasteiger partial charge in [0.25, 0.3) is 5.91 Å². The van der Waals surface area contributed by atoms with Gasteiger partial charge in [-0.05, 0) is 65.2 Å². The van der Waals surface area contributed by atoms with Crippen LogP contribution >= 0.6 is 0 Å². The van der Waals surface area contributed by atoms with Crippen molar-refractivity contribution in [3.8, 4) is 0 Å². The molecule has 2 heterocycles. The maximum atomic E-state index is 14.6. The van der Waals surface area contributed by atoms with E-state index in [4.69, 9.17) is 0 Å². The van der Waals surface area contributed by atoms with Gasteiger partial charge in [0.1, 0.15) is 5.54 Å². The summed E-state index contributed by atoms with van der Waals surface area (Å²) in [6.45, 7) is 12.8. The third-order valence-corrected chi connectivity index (χ3v) is 11.3. The summed E-state index contributed by atoms with van der Waals surface area (Å²) in [4.78, 5) is 47.8.